The smallest absolute Gasteiger partial charge is 0.261 e. The molecule has 1 saturated heterocycles. The fourth-order valence-electron chi connectivity index (χ4n) is 2.41. The Morgan fingerprint density at radius 1 is 1.35 bits per heavy atom. The summed E-state index contributed by atoms with van der Waals surface area (Å²) < 4.78 is 0.939. The third-order valence-corrected chi connectivity index (χ3v) is 5.02. The molecular weight excluding hydrogens is 315 g/mol. The standard InChI is InChI=1S/C14H14Cl2N2OS/c15-8-4-11(16)10-6-13(20-12(10)5-8)14(19)18-9-2-1-3-17-7-9/h4-6,9,17H,1-3,7H2,(H,18,19). The molecule has 1 atom stereocenters. The molecule has 1 aliphatic heterocycles. The van der Waals surface area contributed by atoms with Gasteiger partial charge in [-0.1, -0.05) is 23.2 Å². The van der Waals surface area contributed by atoms with E-state index in [4.69, 9.17) is 23.2 Å². The Balaban J connectivity index is 1.82. The first kappa shape index (κ1) is 14.1. The van der Waals surface area contributed by atoms with Crippen LogP contribution in [0.4, 0.5) is 0 Å². The average molecular weight is 329 g/mol. The Morgan fingerprint density at radius 3 is 2.95 bits per heavy atom. The number of carbonyl (C=O) groups is 1. The number of carbonyl (C=O) groups excluding carboxylic acids is 1. The zero-order valence-electron chi connectivity index (χ0n) is 10.7. The molecule has 0 saturated carbocycles. The van der Waals surface area contributed by atoms with Gasteiger partial charge in [-0.05, 0) is 37.6 Å². The maximum Gasteiger partial charge on any atom is 0.261 e. The number of nitrogens with one attached hydrogen (secondary N) is 2. The van der Waals surface area contributed by atoms with Crippen LogP contribution in [0.3, 0.4) is 0 Å². The molecular formula is C14H14Cl2N2OS. The SMILES string of the molecule is O=C(NC1CCCNC1)c1cc2c(Cl)cc(Cl)cc2s1. The molecule has 2 N–H and O–H groups in total. The minimum absolute atomic E-state index is 0.0351. The zero-order chi connectivity index (χ0) is 14.1. The third kappa shape index (κ3) is 2.93. The lowest BCUT2D eigenvalue weighted by molar-refractivity contribution is 0.0935. The fraction of sp³-hybridized carbons (Fsp3) is 0.357. The molecule has 0 radical (unpaired) electrons. The van der Waals surface area contributed by atoms with Gasteiger partial charge in [0.2, 0.25) is 0 Å². The largest absolute Gasteiger partial charge is 0.347 e. The lowest BCUT2D eigenvalue weighted by Crippen LogP contribution is -2.45. The molecule has 106 valence electrons. The van der Waals surface area contributed by atoms with Crippen LogP contribution in [0.25, 0.3) is 10.1 Å². The Labute approximate surface area is 131 Å². The van der Waals surface area contributed by atoms with Crippen molar-refractivity contribution in [3.8, 4) is 0 Å². The summed E-state index contributed by atoms with van der Waals surface area (Å²) in [6.45, 7) is 1.87. The summed E-state index contributed by atoms with van der Waals surface area (Å²) in [5.74, 6) is -0.0351. The van der Waals surface area contributed by atoms with Gasteiger partial charge in [0.1, 0.15) is 0 Å². The number of amides is 1. The first-order valence-corrected chi connectivity index (χ1v) is 8.11. The Kier molecular flexibility index (Phi) is 4.17. The van der Waals surface area contributed by atoms with Crippen molar-refractivity contribution in [1.29, 1.82) is 0 Å². The molecule has 2 heterocycles. The quantitative estimate of drug-likeness (QED) is 0.882. The molecule has 1 unspecified atom stereocenters. The van der Waals surface area contributed by atoms with Crippen LogP contribution in [0.2, 0.25) is 10.0 Å². The van der Waals surface area contributed by atoms with Crippen molar-refractivity contribution in [1.82, 2.24) is 10.6 Å². The first-order chi connectivity index (χ1) is 9.63. The van der Waals surface area contributed by atoms with Gasteiger partial charge in [-0.2, -0.15) is 0 Å². The van der Waals surface area contributed by atoms with E-state index < -0.39 is 0 Å². The van der Waals surface area contributed by atoms with Crippen LogP contribution in [0.1, 0.15) is 22.5 Å². The molecule has 3 rings (SSSR count). The second kappa shape index (κ2) is 5.90. The highest BCUT2D eigenvalue weighted by atomic mass is 35.5. The first-order valence-electron chi connectivity index (χ1n) is 6.53. The van der Waals surface area contributed by atoms with E-state index in [1.54, 1.807) is 6.07 Å². The van der Waals surface area contributed by atoms with Gasteiger partial charge < -0.3 is 10.6 Å². The van der Waals surface area contributed by atoms with Gasteiger partial charge in [0.05, 0.1) is 9.90 Å². The monoisotopic (exact) mass is 328 g/mol. The molecule has 1 aliphatic rings. The van der Waals surface area contributed by atoms with E-state index in [9.17, 15) is 4.79 Å². The van der Waals surface area contributed by atoms with E-state index in [2.05, 4.69) is 10.6 Å². The fourth-order valence-corrected chi connectivity index (χ4v) is 4.11. The maximum absolute atomic E-state index is 12.3. The van der Waals surface area contributed by atoms with Crippen LogP contribution in [0, 0.1) is 0 Å². The van der Waals surface area contributed by atoms with Crippen molar-refractivity contribution >= 4 is 50.5 Å². The topological polar surface area (TPSA) is 41.1 Å². The van der Waals surface area contributed by atoms with Crippen molar-refractivity contribution in [3.63, 3.8) is 0 Å². The molecule has 1 aromatic heterocycles. The van der Waals surface area contributed by atoms with Crippen LogP contribution in [0.5, 0.6) is 0 Å². The molecule has 0 spiro atoms. The van der Waals surface area contributed by atoms with Gasteiger partial charge >= 0.3 is 0 Å². The molecule has 0 aliphatic carbocycles. The van der Waals surface area contributed by atoms with E-state index >= 15 is 0 Å². The second-order valence-electron chi connectivity index (χ2n) is 4.93. The summed E-state index contributed by atoms with van der Waals surface area (Å²) in [5.41, 5.74) is 0. The van der Waals surface area contributed by atoms with E-state index in [1.165, 1.54) is 11.3 Å². The summed E-state index contributed by atoms with van der Waals surface area (Å²) in [5, 5.41) is 8.41. The predicted molar refractivity (Wildman–Crippen MR) is 85.2 cm³/mol. The number of benzene rings is 1. The molecule has 1 amide bonds. The van der Waals surface area contributed by atoms with Gasteiger partial charge in [0.25, 0.3) is 5.91 Å². The zero-order valence-corrected chi connectivity index (χ0v) is 13.0. The number of rotatable bonds is 2. The number of fused-ring (bicyclic) bond motifs is 1. The minimum Gasteiger partial charge on any atom is -0.347 e. The number of thiophene rings is 1. The number of halogens is 2. The van der Waals surface area contributed by atoms with Gasteiger partial charge in [0.15, 0.2) is 0 Å². The lowest BCUT2D eigenvalue weighted by Gasteiger charge is -2.23. The number of piperidine rings is 1. The molecule has 20 heavy (non-hydrogen) atoms. The molecule has 1 aromatic carbocycles. The van der Waals surface area contributed by atoms with E-state index in [0.717, 1.165) is 36.0 Å². The number of hydrogen-bond donors (Lipinski definition) is 2. The van der Waals surface area contributed by atoms with Crippen molar-refractivity contribution in [2.45, 2.75) is 18.9 Å². The van der Waals surface area contributed by atoms with Gasteiger partial charge in [-0.15, -0.1) is 11.3 Å². The summed E-state index contributed by atoms with van der Waals surface area (Å²) in [7, 11) is 0. The molecule has 2 aromatic rings. The Hall–Kier alpha value is -0.810. The summed E-state index contributed by atoms with van der Waals surface area (Å²) in [4.78, 5) is 12.9. The minimum atomic E-state index is -0.0351. The van der Waals surface area contributed by atoms with Crippen LogP contribution < -0.4 is 10.6 Å². The normalized spacial score (nSPS) is 19.2. The summed E-state index contributed by atoms with van der Waals surface area (Å²) in [6.07, 6.45) is 2.12. The van der Waals surface area contributed by atoms with Crippen molar-refractivity contribution in [3.05, 3.63) is 33.1 Å². The van der Waals surface area contributed by atoms with Crippen LogP contribution in [-0.2, 0) is 0 Å². The van der Waals surface area contributed by atoms with E-state index in [-0.39, 0.29) is 11.9 Å². The van der Waals surface area contributed by atoms with Gasteiger partial charge in [-0.25, -0.2) is 0 Å². The molecule has 3 nitrogen and oxygen atoms in total. The number of hydrogen-bond acceptors (Lipinski definition) is 3. The van der Waals surface area contributed by atoms with E-state index in [1.807, 2.05) is 12.1 Å². The van der Waals surface area contributed by atoms with Gasteiger partial charge in [0, 0.05) is 27.7 Å². The highest BCUT2D eigenvalue weighted by Crippen LogP contribution is 2.34. The highest BCUT2D eigenvalue weighted by Gasteiger charge is 2.18. The summed E-state index contributed by atoms with van der Waals surface area (Å²) in [6, 6.07) is 5.59. The Morgan fingerprint density at radius 2 is 2.20 bits per heavy atom. The van der Waals surface area contributed by atoms with Gasteiger partial charge in [-0.3, -0.25) is 4.79 Å². The third-order valence-electron chi connectivity index (χ3n) is 3.41. The molecule has 1 fully saturated rings. The Bertz CT molecular complexity index is 650. The lowest BCUT2D eigenvalue weighted by atomic mass is 10.1. The second-order valence-corrected chi connectivity index (χ2v) is 6.85. The molecule has 6 heteroatoms. The highest BCUT2D eigenvalue weighted by molar-refractivity contribution is 7.21. The maximum atomic E-state index is 12.3. The predicted octanol–water partition coefficient (Wildman–Crippen LogP) is 3.69. The average Bonchev–Trinajstić information content (AvgIpc) is 2.84. The van der Waals surface area contributed by atoms with Crippen LogP contribution in [0.15, 0.2) is 18.2 Å². The van der Waals surface area contributed by atoms with Crippen molar-refractivity contribution in [2.75, 3.05) is 13.1 Å². The van der Waals surface area contributed by atoms with E-state index in [0.29, 0.717) is 14.9 Å². The van der Waals surface area contributed by atoms with Crippen molar-refractivity contribution in [2.24, 2.45) is 0 Å². The van der Waals surface area contributed by atoms with Crippen LogP contribution >= 0.6 is 34.5 Å². The molecule has 0 bridgehead atoms. The summed E-state index contributed by atoms with van der Waals surface area (Å²) >= 11 is 13.6. The van der Waals surface area contributed by atoms with Crippen molar-refractivity contribution < 1.29 is 4.79 Å². The van der Waals surface area contributed by atoms with Crippen LogP contribution in [-0.4, -0.2) is 25.0 Å².